The molecule has 3 aromatic rings. The number of benzene rings is 1. The third kappa shape index (κ3) is 3.37. The first-order chi connectivity index (χ1) is 10.8. The van der Waals surface area contributed by atoms with Gasteiger partial charge in [-0.2, -0.15) is 0 Å². The largest absolute Gasteiger partial charge is 0.402 e. The van der Waals surface area contributed by atoms with Crippen molar-refractivity contribution in [3.63, 3.8) is 0 Å². The number of thioether (sulfide) groups is 1. The molecule has 0 fully saturated rings. The number of rotatable bonds is 5. The second-order valence-electron chi connectivity index (χ2n) is 4.30. The van der Waals surface area contributed by atoms with Gasteiger partial charge in [-0.3, -0.25) is 10.1 Å². The quantitative estimate of drug-likeness (QED) is 0.711. The number of nitrogens with one attached hydrogen (secondary N) is 1. The van der Waals surface area contributed by atoms with Gasteiger partial charge in [0, 0.05) is 10.5 Å². The van der Waals surface area contributed by atoms with E-state index >= 15 is 0 Å². The van der Waals surface area contributed by atoms with Crippen LogP contribution in [0.4, 0.5) is 6.01 Å². The summed E-state index contributed by atoms with van der Waals surface area (Å²) in [5, 5.41) is 12.3. The number of hydrogen-bond acceptors (Lipinski definition) is 6. The zero-order valence-electron chi connectivity index (χ0n) is 11.8. The Labute approximate surface area is 135 Å². The molecular formula is C15H13N3O2S2. The van der Waals surface area contributed by atoms with Crippen molar-refractivity contribution < 1.29 is 9.21 Å². The minimum Gasteiger partial charge on any atom is -0.402 e. The maximum absolute atomic E-state index is 12.2. The third-order valence-corrected chi connectivity index (χ3v) is 4.52. The minimum absolute atomic E-state index is 0.0990. The molecule has 0 aliphatic rings. The standard InChI is InChI=1S/C15H13N3O2S2/c1-2-21-11-6-3-5-10(9-11)13(19)16-15-18-17-14(20-15)12-7-4-8-22-12/h3-9H,2H2,1H3,(H,16,18,19). The molecule has 2 heterocycles. The van der Waals surface area contributed by atoms with E-state index in [1.54, 1.807) is 17.8 Å². The highest BCUT2D eigenvalue weighted by molar-refractivity contribution is 7.99. The van der Waals surface area contributed by atoms with Gasteiger partial charge in [0.2, 0.25) is 0 Å². The highest BCUT2D eigenvalue weighted by Gasteiger charge is 2.13. The summed E-state index contributed by atoms with van der Waals surface area (Å²) in [6.07, 6.45) is 0. The first-order valence-electron chi connectivity index (χ1n) is 6.68. The summed E-state index contributed by atoms with van der Waals surface area (Å²) < 4.78 is 5.45. The molecule has 5 nitrogen and oxygen atoms in total. The Morgan fingerprint density at radius 1 is 1.32 bits per heavy atom. The van der Waals surface area contributed by atoms with Gasteiger partial charge in [0.25, 0.3) is 11.8 Å². The molecule has 0 saturated carbocycles. The molecule has 7 heteroatoms. The Hall–Kier alpha value is -2.12. The van der Waals surface area contributed by atoms with E-state index in [9.17, 15) is 4.79 Å². The lowest BCUT2D eigenvalue weighted by Gasteiger charge is -2.03. The fraction of sp³-hybridized carbons (Fsp3) is 0.133. The third-order valence-electron chi connectivity index (χ3n) is 2.78. The van der Waals surface area contributed by atoms with E-state index in [1.807, 2.05) is 35.7 Å². The maximum Gasteiger partial charge on any atom is 0.322 e. The molecule has 1 aromatic carbocycles. The zero-order chi connectivity index (χ0) is 15.4. The highest BCUT2D eigenvalue weighted by atomic mass is 32.2. The molecule has 3 rings (SSSR count). The first-order valence-corrected chi connectivity index (χ1v) is 8.54. The van der Waals surface area contributed by atoms with Gasteiger partial charge in [-0.05, 0) is 35.4 Å². The van der Waals surface area contributed by atoms with Crippen LogP contribution < -0.4 is 5.32 Å². The van der Waals surface area contributed by atoms with Gasteiger partial charge in [0.05, 0.1) is 4.88 Å². The Bertz CT molecular complexity index is 769. The molecule has 112 valence electrons. The second-order valence-corrected chi connectivity index (χ2v) is 6.59. The molecular weight excluding hydrogens is 318 g/mol. The van der Waals surface area contributed by atoms with Crippen molar-refractivity contribution in [3.05, 3.63) is 47.3 Å². The molecule has 0 aliphatic heterocycles. The van der Waals surface area contributed by atoms with Gasteiger partial charge in [-0.25, -0.2) is 0 Å². The van der Waals surface area contributed by atoms with Crippen LogP contribution in [0.2, 0.25) is 0 Å². The monoisotopic (exact) mass is 331 g/mol. The summed E-state index contributed by atoms with van der Waals surface area (Å²) in [7, 11) is 0. The SMILES string of the molecule is CCSc1cccc(C(=O)Nc2nnc(-c3cccs3)o2)c1. The molecule has 0 unspecified atom stereocenters. The lowest BCUT2D eigenvalue weighted by atomic mass is 10.2. The van der Waals surface area contributed by atoms with Gasteiger partial charge >= 0.3 is 6.01 Å². The number of carbonyl (C=O) groups excluding carboxylic acids is 1. The van der Waals surface area contributed by atoms with Gasteiger partial charge in [0.15, 0.2) is 0 Å². The Morgan fingerprint density at radius 2 is 2.23 bits per heavy atom. The van der Waals surface area contributed by atoms with E-state index in [4.69, 9.17) is 4.42 Å². The number of anilines is 1. The highest BCUT2D eigenvalue weighted by Crippen LogP contribution is 2.25. The predicted molar refractivity (Wildman–Crippen MR) is 88.4 cm³/mol. The van der Waals surface area contributed by atoms with Crippen LogP contribution in [0.3, 0.4) is 0 Å². The summed E-state index contributed by atoms with van der Waals surface area (Å²) >= 11 is 3.19. The Morgan fingerprint density at radius 3 is 3.00 bits per heavy atom. The molecule has 0 spiro atoms. The Balaban J connectivity index is 1.73. The average Bonchev–Trinajstić information content (AvgIpc) is 3.18. The van der Waals surface area contributed by atoms with E-state index in [0.29, 0.717) is 11.5 Å². The van der Waals surface area contributed by atoms with Crippen LogP contribution >= 0.6 is 23.1 Å². The second kappa shape index (κ2) is 6.76. The van der Waals surface area contributed by atoms with E-state index in [2.05, 4.69) is 22.4 Å². The predicted octanol–water partition coefficient (Wildman–Crippen LogP) is 4.16. The van der Waals surface area contributed by atoms with Gasteiger partial charge < -0.3 is 4.42 Å². The summed E-state index contributed by atoms with van der Waals surface area (Å²) in [6, 6.07) is 11.3. The number of carbonyl (C=O) groups is 1. The molecule has 1 amide bonds. The maximum atomic E-state index is 12.2. The smallest absolute Gasteiger partial charge is 0.322 e. The van der Waals surface area contributed by atoms with Crippen molar-refractivity contribution in [2.45, 2.75) is 11.8 Å². The molecule has 0 aliphatic carbocycles. The van der Waals surface area contributed by atoms with Crippen LogP contribution in [0.15, 0.2) is 51.1 Å². The van der Waals surface area contributed by atoms with Crippen molar-refractivity contribution in [1.82, 2.24) is 10.2 Å². The van der Waals surface area contributed by atoms with Crippen LogP contribution in [-0.2, 0) is 0 Å². The average molecular weight is 331 g/mol. The fourth-order valence-electron chi connectivity index (χ4n) is 1.84. The van der Waals surface area contributed by atoms with Crippen molar-refractivity contribution in [1.29, 1.82) is 0 Å². The Kier molecular flexibility index (Phi) is 4.55. The van der Waals surface area contributed by atoms with Crippen LogP contribution in [0, 0.1) is 0 Å². The number of aromatic nitrogens is 2. The number of hydrogen-bond donors (Lipinski definition) is 1. The van der Waals surface area contributed by atoms with Gasteiger partial charge in [-0.15, -0.1) is 28.2 Å². The summed E-state index contributed by atoms with van der Waals surface area (Å²) in [5.74, 6) is 1.10. The first kappa shape index (κ1) is 14.8. The van der Waals surface area contributed by atoms with Crippen LogP contribution in [0.25, 0.3) is 10.8 Å². The van der Waals surface area contributed by atoms with Crippen LogP contribution in [0.1, 0.15) is 17.3 Å². The molecule has 0 saturated heterocycles. The number of nitrogens with zero attached hydrogens (tertiary/aromatic N) is 2. The number of thiophene rings is 1. The lowest BCUT2D eigenvalue weighted by Crippen LogP contribution is -2.12. The molecule has 0 radical (unpaired) electrons. The summed E-state index contributed by atoms with van der Waals surface area (Å²) in [6.45, 7) is 2.07. The van der Waals surface area contributed by atoms with E-state index in [1.165, 1.54) is 11.3 Å². The van der Waals surface area contributed by atoms with Crippen LogP contribution in [-0.4, -0.2) is 21.9 Å². The normalized spacial score (nSPS) is 10.6. The van der Waals surface area contributed by atoms with Crippen LogP contribution in [0.5, 0.6) is 0 Å². The molecule has 0 bridgehead atoms. The molecule has 22 heavy (non-hydrogen) atoms. The lowest BCUT2D eigenvalue weighted by molar-refractivity contribution is 0.102. The van der Waals surface area contributed by atoms with Crippen molar-refractivity contribution in [3.8, 4) is 10.8 Å². The zero-order valence-corrected chi connectivity index (χ0v) is 13.4. The fourth-order valence-corrected chi connectivity index (χ4v) is 3.20. The van der Waals surface area contributed by atoms with Gasteiger partial charge in [-0.1, -0.05) is 24.2 Å². The van der Waals surface area contributed by atoms with E-state index < -0.39 is 0 Å². The van der Waals surface area contributed by atoms with Gasteiger partial charge in [0.1, 0.15) is 0 Å². The molecule has 2 aromatic heterocycles. The molecule has 1 N–H and O–H groups in total. The summed E-state index contributed by atoms with van der Waals surface area (Å²) in [5.41, 5.74) is 0.564. The van der Waals surface area contributed by atoms with Crippen molar-refractivity contribution in [2.75, 3.05) is 11.1 Å². The number of amides is 1. The van der Waals surface area contributed by atoms with Crippen molar-refractivity contribution >= 4 is 35.0 Å². The van der Waals surface area contributed by atoms with E-state index in [0.717, 1.165) is 15.5 Å². The summed E-state index contributed by atoms with van der Waals surface area (Å²) in [4.78, 5) is 14.1. The van der Waals surface area contributed by atoms with E-state index in [-0.39, 0.29) is 11.9 Å². The minimum atomic E-state index is -0.264. The topological polar surface area (TPSA) is 68.0 Å². The molecule has 0 atom stereocenters. The van der Waals surface area contributed by atoms with Crippen molar-refractivity contribution in [2.24, 2.45) is 0 Å².